The highest BCUT2D eigenvalue weighted by molar-refractivity contribution is 5.84. The van der Waals surface area contributed by atoms with E-state index in [1.165, 1.54) is 12.8 Å². The Labute approximate surface area is 74.4 Å². The molecule has 3 nitrogen and oxygen atoms in total. The minimum absolute atomic E-state index is 0.524. The molecule has 1 rings (SSSR count). The fraction of sp³-hybridized carbons (Fsp3) is 0.889. The van der Waals surface area contributed by atoms with Crippen molar-refractivity contribution in [2.75, 3.05) is 0 Å². The van der Waals surface area contributed by atoms with Crippen molar-refractivity contribution >= 4 is 5.84 Å². The fourth-order valence-electron chi connectivity index (χ4n) is 1.34. The molecule has 0 unspecified atom stereocenters. The summed E-state index contributed by atoms with van der Waals surface area (Å²) in [5.41, 5.74) is 2.73. The van der Waals surface area contributed by atoms with Crippen LogP contribution in [0.3, 0.4) is 0 Å². The highest BCUT2D eigenvalue weighted by atomic mass is 15.3. The maximum absolute atomic E-state index is 5.42. The van der Waals surface area contributed by atoms with Crippen molar-refractivity contribution in [2.45, 2.75) is 45.6 Å². The second kappa shape index (κ2) is 4.45. The molecule has 70 valence electrons. The van der Waals surface area contributed by atoms with E-state index in [1.54, 1.807) is 0 Å². The third-order valence-corrected chi connectivity index (χ3v) is 2.39. The lowest BCUT2D eigenvalue weighted by Gasteiger charge is -2.14. The zero-order valence-electron chi connectivity index (χ0n) is 8.01. The van der Waals surface area contributed by atoms with Gasteiger partial charge < -0.3 is 5.43 Å². The summed E-state index contributed by atoms with van der Waals surface area (Å²) >= 11 is 0. The average molecular weight is 169 g/mol. The van der Waals surface area contributed by atoms with Gasteiger partial charge in [-0.1, -0.05) is 13.8 Å². The van der Waals surface area contributed by atoms with Crippen LogP contribution in [0.15, 0.2) is 4.99 Å². The van der Waals surface area contributed by atoms with Gasteiger partial charge in [-0.05, 0) is 25.7 Å². The Morgan fingerprint density at radius 2 is 2.08 bits per heavy atom. The lowest BCUT2D eigenvalue weighted by molar-refractivity contribution is 0.616. The van der Waals surface area contributed by atoms with Crippen LogP contribution in [0.5, 0.6) is 0 Å². The molecule has 12 heavy (non-hydrogen) atoms. The molecule has 1 saturated carbocycles. The zero-order chi connectivity index (χ0) is 8.97. The number of nitrogens with zero attached hydrogens (tertiary/aromatic N) is 1. The number of hydrogen-bond acceptors (Lipinski definition) is 2. The minimum atomic E-state index is 0.524. The van der Waals surface area contributed by atoms with E-state index in [-0.39, 0.29) is 0 Å². The number of hydrazine groups is 1. The van der Waals surface area contributed by atoms with Gasteiger partial charge in [-0.25, -0.2) is 5.84 Å². The number of amidine groups is 1. The largest absolute Gasteiger partial charge is 0.312 e. The Bertz CT molecular complexity index is 157. The molecular weight excluding hydrogens is 150 g/mol. The monoisotopic (exact) mass is 169 g/mol. The van der Waals surface area contributed by atoms with Gasteiger partial charge in [-0.2, -0.15) is 0 Å². The number of rotatable bonds is 4. The molecule has 1 fully saturated rings. The van der Waals surface area contributed by atoms with Crippen LogP contribution in [0.25, 0.3) is 0 Å². The minimum Gasteiger partial charge on any atom is -0.312 e. The van der Waals surface area contributed by atoms with Gasteiger partial charge in [0.05, 0.1) is 6.04 Å². The van der Waals surface area contributed by atoms with Crippen molar-refractivity contribution in [2.24, 2.45) is 16.8 Å². The Kier molecular flexibility index (Phi) is 3.53. The van der Waals surface area contributed by atoms with E-state index in [9.17, 15) is 0 Å². The topological polar surface area (TPSA) is 50.4 Å². The van der Waals surface area contributed by atoms with Gasteiger partial charge >= 0.3 is 0 Å². The first-order valence-corrected chi connectivity index (χ1v) is 4.86. The molecule has 0 aromatic heterocycles. The molecule has 0 spiro atoms. The summed E-state index contributed by atoms with van der Waals surface area (Å²) in [6, 6.07) is 0.566. The standard InChI is InChI=1S/C9H19N3/c1-3-7(4-2)9(12-10)11-8-5-6-8/h7-8H,3-6,10H2,1-2H3,(H,11,12). The van der Waals surface area contributed by atoms with Gasteiger partial charge in [0.25, 0.3) is 0 Å². The van der Waals surface area contributed by atoms with Crippen LogP contribution in [-0.4, -0.2) is 11.9 Å². The Balaban J connectivity index is 2.51. The maximum atomic E-state index is 5.42. The maximum Gasteiger partial charge on any atom is 0.114 e. The first-order valence-electron chi connectivity index (χ1n) is 4.86. The molecule has 1 aliphatic carbocycles. The van der Waals surface area contributed by atoms with E-state index in [0.29, 0.717) is 12.0 Å². The molecule has 0 saturated heterocycles. The molecule has 0 bridgehead atoms. The molecule has 0 atom stereocenters. The number of nitrogens with two attached hydrogens (primary N) is 1. The first-order chi connectivity index (χ1) is 5.81. The van der Waals surface area contributed by atoms with Crippen LogP contribution in [0, 0.1) is 5.92 Å². The second-order valence-electron chi connectivity index (χ2n) is 3.40. The van der Waals surface area contributed by atoms with Gasteiger partial charge in [0.15, 0.2) is 0 Å². The first kappa shape index (κ1) is 9.52. The fourth-order valence-corrected chi connectivity index (χ4v) is 1.34. The van der Waals surface area contributed by atoms with Gasteiger partial charge in [0, 0.05) is 5.92 Å². The smallest absolute Gasteiger partial charge is 0.114 e. The third-order valence-electron chi connectivity index (χ3n) is 2.39. The SMILES string of the molecule is CCC(CC)C(=NC1CC1)NN. The Morgan fingerprint density at radius 3 is 2.42 bits per heavy atom. The van der Waals surface area contributed by atoms with Crippen LogP contribution >= 0.6 is 0 Å². The second-order valence-corrected chi connectivity index (χ2v) is 3.40. The number of nitrogens with one attached hydrogen (secondary N) is 1. The summed E-state index contributed by atoms with van der Waals surface area (Å²) in [5.74, 6) is 6.95. The molecule has 0 aromatic rings. The molecule has 0 radical (unpaired) electrons. The summed E-state index contributed by atoms with van der Waals surface area (Å²) in [4.78, 5) is 4.53. The summed E-state index contributed by atoms with van der Waals surface area (Å²) < 4.78 is 0. The number of hydrogen-bond donors (Lipinski definition) is 2. The van der Waals surface area contributed by atoms with Crippen LogP contribution < -0.4 is 11.3 Å². The van der Waals surface area contributed by atoms with Crippen LogP contribution in [0.2, 0.25) is 0 Å². The van der Waals surface area contributed by atoms with Crippen LogP contribution in [0.4, 0.5) is 0 Å². The predicted octanol–water partition coefficient (Wildman–Crippen LogP) is 1.45. The van der Waals surface area contributed by atoms with Crippen molar-refractivity contribution in [3.05, 3.63) is 0 Å². The van der Waals surface area contributed by atoms with E-state index in [2.05, 4.69) is 24.3 Å². The Morgan fingerprint density at radius 1 is 1.50 bits per heavy atom. The van der Waals surface area contributed by atoms with Crippen molar-refractivity contribution < 1.29 is 0 Å². The molecule has 3 heteroatoms. The van der Waals surface area contributed by atoms with E-state index < -0.39 is 0 Å². The molecule has 0 heterocycles. The third kappa shape index (κ3) is 2.48. The summed E-state index contributed by atoms with van der Waals surface area (Å²) in [5, 5.41) is 0. The van der Waals surface area contributed by atoms with E-state index in [0.717, 1.165) is 18.7 Å². The van der Waals surface area contributed by atoms with E-state index in [1.807, 2.05) is 0 Å². The quantitative estimate of drug-likeness (QED) is 0.289. The molecule has 1 aliphatic rings. The van der Waals surface area contributed by atoms with Crippen molar-refractivity contribution in [3.8, 4) is 0 Å². The van der Waals surface area contributed by atoms with Crippen molar-refractivity contribution in [3.63, 3.8) is 0 Å². The molecule has 3 N–H and O–H groups in total. The van der Waals surface area contributed by atoms with E-state index >= 15 is 0 Å². The highest BCUT2D eigenvalue weighted by Crippen LogP contribution is 2.24. The van der Waals surface area contributed by atoms with Crippen molar-refractivity contribution in [1.82, 2.24) is 5.43 Å². The van der Waals surface area contributed by atoms with Gasteiger partial charge in [-0.15, -0.1) is 0 Å². The van der Waals surface area contributed by atoms with Crippen LogP contribution in [-0.2, 0) is 0 Å². The van der Waals surface area contributed by atoms with Crippen LogP contribution in [0.1, 0.15) is 39.5 Å². The lowest BCUT2D eigenvalue weighted by Crippen LogP contribution is -2.36. The molecule has 0 amide bonds. The zero-order valence-corrected chi connectivity index (χ0v) is 8.01. The summed E-state index contributed by atoms with van der Waals surface area (Å²) in [6.07, 6.45) is 4.72. The highest BCUT2D eigenvalue weighted by Gasteiger charge is 2.22. The van der Waals surface area contributed by atoms with Gasteiger partial charge in [0.1, 0.15) is 5.84 Å². The van der Waals surface area contributed by atoms with Crippen molar-refractivity contribution in [1.29, 1.82) is 0 Å². The van der Waals surface area contributed by atoms with E-state index in [4.69, 9.17) is 5.84 Å². The number of aliphatic imine (C=N–C) groups is 1. The molecule has 0 aliphatic heterocycles. The normalized spacial score (nSPS) is 18.5. The summed E-state index contributed by atoms with van der Waals surface area (Å²) in [6.45, 7) is 4.35. The van der Waals surface area contributed by atoms with Gasteiger partial charge in [-0.3, -0.25) is 4.99 Å². The average Bonchev–Trinajstić information content (AvgIpc) is 2.88. The Hall–Kier alpha value is -0.570. The lowest BCUT2D eigenvalue weighted by atomic mass is 10.0. The molecular formula is C9H19N3. The molecule has 0 aromatic carbocycles. The van der Waals surface area contributed by atoms with Gasteiger partial charge in [0.2, 0.25) is 0 Å². The summed E-state index contributed by atoms with van der Waals surface area (Å²) in [7, 11) is 0. The predicted molar refractivity (Wildman–Crippen MR) is 51.9 cm³/mol.